The van der Waals surface area contributed by atoms with Gasteiger partial charge in [-0.2, -0.15) is 8.42 Å². The molecular formula is C39H77NO11S. The molecule has 1 saturated heterocycles. The number of carbonyl (C=O) groups excluding carboxylic acids is 1. The molecule has 0 bridgehead atoms. The van der Waals surface area contributed by atoms with Gasteiger partial charge in [-0.3, -0.25) is 9.35 Å². The van der Waals surface area contributed by atoms with Crippen LogP contribution in [0.3, 0.4) is 0 Å². The molecule has 1 aliphatic heterocycles. The van der Waals surface area contributed by atoms with Gasteiger partial charge in [-0.15, -0.1) is 0 Å². The van der Waals surface area contributed by atoms with E-state index in [0.29, 0.717) is 12.8 Å². The van der Waals surface area contributed by atoms with Crippen LogP contribution < -0.4 is 5.32 Å². The van der Waals surface area contributed by atoms with Gasteiger partial charge in [0.15, 0.2) is 6.29 Å². The Morgan fingerprint density at radius 1 is 0.692 bits per heavy atom. The van der Waals surface area contributed by atoms with Gasteiger partial charge in [0.05, 0.1) is 25.4 Å². The lowest BCUT2D eigenvalue weighted by molar-refractivity contribution is -0.298. The third-order valence-corrected chi connectivity index (χ3v) is 10.6. The quantitative estimate of drug-likeness (QED) is 0.0286. The lowest BCUT2D eigenvalue weighted by atomic mass is 9.99. The van der Waals surface area contributed by atoms with Crippen LogP contribution in [-0.2, 0) is 28.9 Å². The normalized spacial score (nSPS) is 22.0. The first kappa shape index (κ1) is 49.1. The maximum atomic E-state index is 12.9. The molecule has 0 aliphatic carbocycles. The number of ether oxygens (including phenoxy) is 2. The van der Waals surface area contributed by atoms with Crippen LogP contribution >= 0.6 is 0 Å². The average molecular weight is 768 g/mol. The second-order valence-electron chi connectivity index (χ2n) is 14.9. The molecule has 13 heteroatoms. The molecule has 0 aromatic heterocycles. The van der Waals surface area contributed by atoms with Gasteiger partial charge in [-0.1, -0.05) is 168 Å². The van der Waals surface area contributed by atoms with E-state index in [1.54, 1.807) is 0 Å². The number of aliphatic hydroxyl groups excluding tert-OH is 4. The van der Waals surface area contributed by atoms with Gasteiger partial charge in [0.1, 0.15) is 24.4 Å². The number of nitrogens with one attached hydrogen (secondary N) is 1. The molecule has 0 saturated carbocycles. The van der Waals surface area contributed by atoms with Gasteiger partial charge in [0, 0.05) is 6.42 Å². The van der Waals surface area contributed by atoms with Crippen LogP contribution in [0.5, 0.6) is 0 Å². The van der Waals surface area contributed by atoms with E-state index in [1.807, 2.05) is 0 Å². The highest BCUT2D eigenvalue weighted by atomic mass is 32.3. The zero-order valence-corrected chi connectivity index (χ0v) is 33.5. The molecule has 7 atom stereocenters. The Hall–Kier alpha value is -0.900. The molecule has 310 valence electrons. The highest BCUT2D eigenvalue weighted by Crippen LogP contribution is 2.26. The fourth-order valence-corrected chi connectivity index (χ4v) is 7.38. The van der Waals surface area contributed by atoms with Gasteiger partial charge >= 0.3 is 10.4 Å². The van der Waals surface area contributed by atoms with Crippen molar-refractivity contribution in [3.05, 3.63) is 0 Å². The Balaban J connectivity index is 2.56. The smallest absolute Gasteiger partial charge is 0.394 e. The van der Waals surface area contributed by atoms with Gasteiger partial charge in [0.25, 0.3) is 0 Å². The van der Waals surface area contributed by atoms with E-state index < -0.39 is 59.9 Å². The van der Waals surface area contributed by atoms with Crippen LogP contribution in [0.4, 0.5) is 0 Å². The van der Waals surface area contributed by atoms with Crippen LogP contribution in [0.2, 0.25) is 0 Å². The predicted octanol–water partition coefficient (Wildman–Crippen LogP) is 7.05. The fourth-order valence-electron chi connectivity index (χ4n) is 6.87. The Morgan fingerprint density at radius 3 is 1.54 bits per heavy atom. The topological polar surface area (TPSA) is 192 Å². The number of aliphatic hydroxyl groups is 4. The summed E-state index contributed by atoms with van der Waals surface area (Å²) < 4.78 is 47.5. The molecule has 52 heavy (non-hydrogen) atoms. The Morgan fingerprint density at radius 2 is 1.12 bits per heavy atom. The molecule has 1 aliphatic rings. The van der Waals surface area contributed by atoms with Crippen molar-refractivity contribution in [2.45, 2.75) is 230 Å². The number of amides is 1. The summed E-state index contributed by atoms with van der Waals surface area (Å²) in [5.41, 5.74) is 0. The average Bonchev–Trinajstić information content (AvgIpc) is 3.11. The minimum Gasteiger partial charge on any atom is -0.394 e. The van der Waals surface area contributed by atoms with E-state index in [4.69, 9.17) is 14.0 Å². The molecule has 7 unspecified atom stereocenters. The van der Waals surface area contributed by atoms with Crippen molar-refractivity contribution in [2.24, 2.45) is 0 Å². The summed E-state index contributed by atoms with van der Waals surface area (Å²) in [7, 11) is -5.07. The lowest BCUT2D eigenvalue weighted by Crippen LogP contribution is -2.61. The van der Waals surface area contributed by atoms with E-state index in [9.17, 15) is 33.6 Å². The first-order valence-corrected chi connectivity index (χ1v) is 22.3. The molecular weight excluding hydrogens is 690 g/mol. The van der Waals surface area contributed by atoms with Gasteiger partial charge in [-0.05, 0) is 12.8 Å². The van der Waals surface area contributed by atoms with Crippen molar-refractivity contribution in [1.82, 2.24) is 5.32 Å². The standard InChI is InChI=1S/C39H77NO11S/c1-3-5-7-9-11-13-15-16-17-19-20-22-24-26-28-33(42)32(40-35(43)29-27-25-23-21-18-14-12-10-8-6-4-2)31-49-39-37(45)38(51-52(46,47)48)36(44)34(30-41)50-39/h32-34,36-39,41-42,44-45H,3-31H2,1-2H3,(H,40,43)(H,46,47,48). The largest absolute Gasteiger partial charge is 0.397 e. The zero-order chi connectivity index (χ0) is 38.5. The Bertz CT molecular complexity index is 957. The van der Waals surface area contributed by atoms with E-state index >= 15 is 0 Å². The molecule has 1 heterocycles. The summed E-state index contributed by atoms with van der Waals surface area (Å²) in [6.45, 7) is 3.42. The highest BCUT2D eigenvalue weighted by molar-refractivity contribution is 7.80. The first-order valence-electron chi connectivity index (χ1n) is 20.9. The Labute approximate surface area is 316 Å². The van der Waals surface area contributed by atoms with Crippen molar-refractivity contribution in [3.63, 3.8) is 0 Å². The third-order valence-electron chi connectivity index (χ3n) is 10.2. The van der Waals surface area contributed by atoms with Crippen LogP contribution in [0, 0.1) is 0 Å². The maximum Gasteiger partial charge on any atom is 0.397 e. The summed E-state index contributed by atoms with van der Waals surface area (Å²) in [6.07, 6.45) is 21.1. The van der Waals surface area contributed by atoms with Crippen molar-refractivity contribution in [3.8, 4) is 0 Å². The van der Waals surface area contributed by atoms with Crippen molar-refractivity contribution in [1.29, 1.82) is 0 Å². The minimum absolute atomic E-state index is 0.231. The van der Waals surface area contributed by atoms with Crippen LogP contribution in [0.25, 0.3) is 0 Å². The highest BCUT2D eigenvalue weighted by Gasteiger charge is 2.48. The molecule has 1 fully saturated rings. The summed E-state index contributed by atoms with van der Waals surface area (Å²) in [6, 6.07) is -0.849. The number of rotatable bonds is 35. The van der Waals surface area contributed by atoms with E-state index in [-0.39, 0.29) is 12.5 Å². The molecule has 1 rings (SSSR count). The van der Waals surface area contributed by atoms with Crippen molar-refractivity contribution < 1.29 is 51.8 Å². The molecule has 1 amide bonds. The van der Waals surface area contributed by atoms with Crippen LogP contribution in [0.15, 0.2) is 0 Å². The lowest BCUT2D eigenvalue weighted by Gasteiger charge is -2.41. The monoisotopic (exact) mass is 768 g/mol. The molecule has 0 radical (unpaired) electrons. The summed E-state index contributed by atoms with van der Waals surface area (Å²) in [5.74, 6) is -0.231. The summed E-state index contributed by atoms with van der Waals surface area (Å²) in [5, 5.41) is 44.7. The van der Waals surface area contributed by atoms with Crippen LogP contribution in [-0.4, -0.2) is 95.4 Å². The van der Waals surface area contributed by atoms with Crippen molar-refractivity contribution in [2.75, 3.05) is 13.2 Å². The van der Waals surface area contributed by atoms with Crippen LogP contribution in [0.1, 0.15) is 187 Å². The summed E-state index contributed by atoms with van der Waals surface area (Å²) >= 11 is 0. The second-order valence-corrected chi connectivity index (χ2v) is 16.0. The number of unbranched alkanes of at least 4 members (excludes halogenated alkanes) is 23. The van der Waals surface area contributed by atoms with Gasteiger partial charge in [0.2, 0.25) is 5.91 Å². The van der Waals surface area contributed by atoms with Crippen molar-refractivity contribution >= 4 is 16.3 Å². The third kappa shape index (κ3) is 24.5. The fraction of sp³-hybridized carbons (Fsp3) is 0.974. The molecule has 0 spiro atoms. The second kappa shape index (κ2) is 31.3. The number of hydrogen-bond donors (Lipinski definition) is 6. The first-order chi connectivity index (χ1) is 25.0. The SMILES string of the molecule is CCCCCCCCCCCCCCCCC(O)C(COC1OC(CO)C(O)C(OS(=O)(=O)O)C1O)NC(=O)CCCCCCCCCCCCC. The van der Waals surface area contributed by atoms with E-state index in [0.717, 1.165) is 51.4 Å². The van der Waals surface area contributed by atoms with Gasteiger partial charge in [-0.25, -0.2) is 4.18 Å². The zero-order valence-electron chi connectivity index (χ0n) is 32.6. The number of carbonyl (C=O) groups is 1. The maximum absolute atomic E-state index is 12.9. The predicted molar refractivity (Wildman–Crippen MR) is 204 cm³/mol. The summed E-state index contributed by atoms with van der Waals surface area (Å²) in [4.78, 5) is 12.9. The number of hydrogen-bond acceptors (Lipinski definition) is 10. The molecule has 0 aromatic carbocycles. The minimum atomic E-state index is -5.07. The Kier molecular flexibility index (Phi) is 29.6. The van der Waals surface area contributed by atoms with E-state index in [2.05, 4.69) is 23.3 Å². The molecule has 6 N–H and O–H groups in total. The van der Waals surface area contributed by atoms with E-state index in [1.165, 1.54) is 109 Å². The molecule has 0 aromatic rings. The van der Waals surface area contributed by atoms with Gasteiger partial charge < -0.3 is 35.2 Å². The molecule has 12 nitrogen and oxygen atoms in total.